The van der Waals surface area contributed by atoms with Gasteiger partial charge in [0.15, 0.2) is 0 Å². The standard InChI is InChI=1S/C8H12INO2/c1-3-4-7(5-6(2)9)12-8(10)11/h1,6-7H,4-5H2,2H3,(H2,10,11). The van der Waals surface area contributed by atoms with Gasteiger partial charge in [0.05, 0.1) is 0 Å². The summed E-state index contributed by atoms with van der Waals surface area (Å²) in [5, 5.41) is 0. The van der Waals surface area contributed by atoms with Crippen LogP contribution in [0.2, 0.25) is 0 Å². The Morgan fingerprint density at radius 1 is 1.83 bits per heavy atom. The summed E-state index contributed by atoms with van der Waals surface area (Å²) in [6.45, 7) is 2.02. The van der Waals surface area contributed by atoms with Crippen molar-refractivity contribution in [2.24, 2.45) is 5.73 Å². The van der Waals surface area contributed by atoms with Crippen LogP contribution in [0.4, 0.5) is 4.79 Å². The summed E-state index contributed by atoms with van der Waals surface area (Å²) in [7, 11) is 0. The summed E-state index contributed by atoms with van der Waals surface area (Å²) in [6.07, 6.45) is 5.27. The van der Waals surface area contributed by atoms with Crippen LogP contribution in [0.15, 0.2) is 0 Å². The molecular weight excluding hydrogens is 269 g/mol. The Hall–Kier alpha value is -0.440. The molecule has 12 heavy (non-hydrogen) atoms. The molecule has 0 saturated heterocycles. The highest BCUT2D eigenvalue weighted by Gasteiger charge is 2.13. The van der Waals surface area contributed by atoms with Crippen LogP contribution in [0.5, 0.6) is 0 Å². The van der Waals surface area contributed by atoms with Crippen molar-refractivity contribution < 1.29 is 9.53 Å². The Labute approximate surface area is 86.2 Å². The largest absolute Gasteiger partial charge is 0.445 e. The quantitative estimate of drug-likeness (QED) is 0.484. The van der Waals surface area contributed by atoms with Gasteiger partial charge in [0.2, 0.25) is 0 Å². The Morgan fingerprint density at radius 3 is 2.75 bits per heavy atom. The Bertz CT molecular complexity index is 186. The van der Waals surface area contributed by atoms with E-state index in [2.05, 4.69) is 28.5 Å². The van der Waals surface area contributed by atoms with E-state index in [1.54, 1.807) is 0 Å². The van der Waals surface area contributed by atoms with Crippen LogP contribution in [0.25, 0.3) is 0 Å². The van der Waals surface area contributed by atoms with E-state index >= 15 is 0 Å². The zero-order valence-electron chi connectivity index (χ0n) is 6.92. The highest BCUT2D eigenvalue weighted by Crippen LogP contribution is 2.12. The molecule has 2 atom stereocenters. The molecule has 0 aromatic rings. The molecule has 0 aromatic heterocycles. The van der Waals surface area contributed by atoms with E-state index < -0.39 is 6.09 Å². The van der Waals surface area contributed by atoms with Crippen molar-refractivity contribution >= 4 is 28.7 Å². The zero-order chi connectivity index (χ0) is 9.56. The third kappa shape index (κ3) is 6.28. The fourth-order valence-electron chi connectivity index (χ4n) is 0.831. The number of nitrogens with two attached hydrogens (primary N) is 1. The number of alkyl halides is 1. The lowest BCUT2D eigenvalue weighted by molar-refractivity contribution is 0.105. The van der Waals surface area contributed by atoms with Crippen molar-refractivity contribution in [1.82, 2.24) is 0 Å². The van der Waals surface area contributed by atoms with Gasteiger partial charge in [-0.3, -0.25) is 0 Å². The second-order valence-corrected chi connectivity index (χ2v) is 4.61. The van der Waals surface area contributed by atoms with E-state index in [9.17, 15) is 4.79 Å². The van der Waals surface area contributed by atoms with Gasteiger partial charge in [-0.2, -0.15) is 0 Å². The second kappa shape index (κ2) is 6.12. The minimum atomic E-state index is -0.757. The maximum atomic E-state index is 10.4. The predicted molar refractivity (Wildman–Crippen MR) is 56.0 cm³/mol. The summed E-state index contributed by atoms with van der Waals surface area (Å²) in [4.78, 5) is 10.4. The van der Waals surface area contributed by atoms with Gasteiger partial charge in [0, 0.05) is 10.3 Å². The zero-order valence-corrected chi connectivity index (χ0v) is 9.08. The van der Waals surface area contributed by atoms with Gasteiger partial charge in [0.1, 0.15) is 6.10 Å². The third-order valence-electron chi connectivity index (χ3n) is 1.22. The van der Waals surface area contributed by atoms with Gasteiger partial charge >= 0.3 is 6.09 Å². The van der Waals surface area contributed by atoms with Crippen molar-refractivity contribution in [3.05, 3.63) is 0 Å². The van der Waals surface area contributed by atoms with Gasteiger partial charge in [-0.1, -0.05) is 29.5 Å². The summed E-state index contributed by atoms with van der Waals surface area (Å²) in [5.41, 5.74) is 4.87. The summed E-state index contributed by atoms with van der Waals surface area (Å²) in [6, 6.07) is 0. The number of carbonyl (C=O) groups is 1. The van der Waals surface area contributed by atoms with Crippen molar-refractivity contribution in [3.63, 3.8) is 0 Å². The van der Waals surface area contributed by atoms with Crippen LogP contribution in [0.3, 0.4) is 0 Å². The van der Waals surface area contributed by atoms with Gasteiger partial charge in [-0.25, -0.2) is 4.79 Å². The molecule has 2 unspecified atom stereocenters. The van der Waals surface area contributed by atoms with Crippen molar-refractivity contribution in [2.45, 2.75) is 29.8 Å². The predicted octanol–water partition coefficient (Wildman–Crippen LogP) is 1.69. The number of amides is 1. The number of primary amides is 1. The first-order chi connectivity index (χ1) is 5.56. The molecule has 0 bridgehead atoms. The lowest BCUT2D eigenvalue weighted by Gasteiger charge is -2.14. The highest BCUT2D eigenvalue weighted by molar-refractivity contribution is 14.1. The molecular formula is C8H12INO2. The molecule has 0 aromatic carbocycles. The molecule has 0 fully saturated rings. The number of halogens is 1. The summed E-state index contributed by atoms with van der Waals surface area (Å²) >= 11 is 2.24. The van der Waals surface area contributed by atoms with E-state index in [-0.39, 0.29) is 6.10 Å². The summed E-state index contributed by atoms with van der Waals surface area (Å²) in [5.74, 6) is 2.44. The highest BCUT2D eigenvalue weighted by atomic mass is 127. The average Bonchev–Trinajstić information content (AvgIpc) is 1.84. The monoisotopic (exact) mass is 281 g/mol. The number of hydrogen-bond acceptors (Lipinski definition) is 2. The molecule has 2 N–H and O–H groups in total. The fourth-order valence-corrected chi connectivity index (χ4v) is 1.40. The van der Waals surface area contributed by atoms with Crippen LogP contribution < -0.4 is 5.73 Å². The molecule has 0 rings (SSSR count). The number of rotatable bonds is 4. The number of hydrogen-bond donors (Lipinski definition) is 1. The fraction of sp³-hybridized carbons (Fsp3) is 0.625. The normalized spacial score (nSPS) is 14.4. The first kappa shape index (κ1) is 11.6. The molecule has 68 valence electrons. The van der Waals surface area contributed by atoms with Crippen LogP contribution in [0, 0.1) is 12.3 Å². The van der Waals surface area contributed by atoms with Crippen LogP contribution >= 0.6 is 22.6 Å². The lowest BCUT2D eigenvalue weighted by Crippen LogP contribution is -2.24. The van der Waals surface area contributed by atoms with E-state index in [1.165, 1.54) is 0 Å². The Balaban J connectivity index is 3.87. The van der Waals surface area contributed by atoms with Crippen molar-refractivity contribution in [3.8, 4) is 12.3 Å². The Morgan fingerprint density at radius 2 is 2.42 bits per heavy atom. The minimum absolute atomic E-state index is 0.237. The van der Waals surface area contributed by atoms with Crippen LogP contribution in [-0.4, -0.2) is 16.1 Å². The van der Waals surface area contributed by atoms with Gasteiger partial charge in [0.25, 0.3) is 0 Å². The molecule has 0 heterocycles. The molecule has 0 spiro atoms. The van der Waals surface area contributed by atoms with E-state index in [1.807, 2.05) is 6.92 Å². The molecule has 0 aliphatic carbocycles. The molecule has 4 heteroatoms. The number of carbonyl (C=O) groups excluding carboxylic acids is 1. The lowest BCUT2D eigenvalue weighted by atomic mass is 10.1. The van der Waals surface area contributed by atoms with E-state index in [0.29, 0.717) is 10.3 Å². The first-order valence-electron chi connectivity index (χ1n) is 3.60. The van der Waals surface area contributed by atoms with E-state index in [0.717, 1.165) is 6.42 Å². The number of ether oxygens (including phenoxy) is 1. The minimum Gasteiger partial charge on any atom is -0.445 e. The maximum absolute atomic E-state index is 10.4. The topological polar surface area (TPSA) is 52.3 Å². The van der Waals surface area contributed by atoms with Crippen molar-refractivity contribution in [2.75, 3.05) is 0 Å². The van der Waals surface area contributed by atoms with Crippen LogP contribution in [-0.2, 0) is 4.74 Å². The van der Waals surface area contributed by atoms with Crippen molar-refractivity contribution in [1.29, 1.82) is 0 Å². The first-order valence-corrected chi connectivity index (χ1v) is 4.84. The maximum Gasteiger partial charge on any atom is 0.404 e. The molecule has 1 amide bonds. The van der Waals surface area contributed by atoms with Gasteiger partial charge in [-0.05, 0) is 6.42 Å². The summed E-state index contributed by atoms with van der Waals surface area (Å²) < 4.78 is 5.21. The molecule has 3 nitrogen and oxygen atoms in total. The third-order valence-corrected chi connectivity index (χ3v) is 1.72. The molecule has 0 saturated carbocycles. The number of terminal acetylenes is 1. The molecule has 0 aliphatic rings. The van der Waals surface area contributed by atoms with Crippen LogP contribution in [0.1, 0.15) is 19.8 Å². The molecule has 0 radical (unpaired) electrons. The van der Waals surface area contributed by atoms with E-state index in [4.69, 9.17) is 16.9 Å². The molecule has 0 aliphatic heterocycles. The second-order valence-electron chi connectivity index (χ2n) is 2.48. The SMILES string of the molecule is C#CCC(CC(C)I)OC(N)=O. The Kier molecular flexibility index (Phi) is 5.89. The smallest absolute Gasteiger partial charge is 0.404 e. The van der Waals surface area contributed by atoms with Gasteiger partial charge < -0.3 is 10.5 Å². The van der Waals surface area contributed by atoms with Gasteiger partial charge in [-0.15, -0.1) is 12.3 Å². The average molecular weight is 281 g/mol.